The zero-order chi connectivity index (χ0) is 13.2. The van der Waals surface area contributed by atoms with Gasteiger partial charge in [0.1, 0.15) is 4.90 Å². The van der Waals surface area contributed by atoms with Crippen LogP contribution in [0.3, 0.4) is 0 Å². The molecule has 0 unspecified atom stereocenters. The summed E-state index contributed by atoms with van der Waals surface area (Å²) in [7, 11) is 1.14. The largest absolute Gasteiger partial charge is 0.352 e. The van der Waals surface area contributed by atoms with Gasteiger partial charge in [-0.05, 0) is 19.1 Å². The van der Waals surface area contributed by atoms with Gasteiger partial charge in [-0.2, -0.15) is 0 Å². The van der Waals surface area contributed by atoms with Crippen LogP contribution >= 0.6 is 33.9 Å². The monoisotopic (exact) mass is 315 g/mol. The highest BCUT2D eigenvalue weighted by molar-refractivity contribution is 8.13. The summed E-state index contributed by atoms with van der Waals surface area (Å²) in [4.78, 5) is 11.2. The highest BCUT2D eigenvalue weighted by atomic mass is 35.7. The Kier molecular flexibility index (Phi) is 4.66. The molecule has 0 saturated carbocycles. The van der Waals surface area contributed by atoms with E-state index in [0.717, 1.165) is 6.07 Å². The molecule has 0 fully saturated rings. The third kappa shape index (κ3) is 3.48. The molecule has 0 spiro atoms. The Hall–Kier alpha value is -0.490. The van der Waals surface area contributed by atoms with Crippen LogP contribution in [-0.4, -0.2) is 20.9 Å². The van der Waals surface area contributed by atoms with Crippen molar-refractivity contribution in [2.45, 2.75) is 11.8 Å². The van der Waals surface area contributed by atoms with E-state index < -0.39 is 15.0 Å². The van der Waals surface area contributed by atoms with Gasteiger partial charge in [0.25, 0.3) is 15.0 Å². The highest BCUT2D eigenvalue weighted by Gasteiger charge is 2.20. The molecule has 0 aliphatic heterocycles. The fourth-order valence-electron chi connectivity index (χ4n) is 1.13. The van der Waals surface area contributed by atoms with Crippen molar-refractivity contribution in [2.24, 2.45) is 0 Å². The number of carbonyl (C=O) groups is 1. The van der Waals surface area contributed by atoms with E-state index in [1.54, 1.807) is 6.92 Å². The first kappa shape index (κ1) is 14.6. The Labute approximate surface area is 113 Å². The van der Waals surface area contributed by atoms with Gasteiger partial charge in [-0.1, -0.05) is 23.2 Å². The molecule has 0 aliphatic carbocycles. The van der Waals surface area contributed by atoms with Crippen LogP contribution in [0.5, 0.6) is 0 Å². The normalized spacial score (nSPS) is 11.3. The van der Waals surface area contributed by atoms with Crippen molar-refractivity contribution in [2.75, 3.05) is 6.54 Å². The Morgan fingerprint density at radius 3 is 2.41 bits per heavy atom. The fourth-order valence-corrected chi connectivity index (χ4v) is 2.90. The molecule has 0 bridgehead atoms. The molecule has 0 aliphatic rings. The van der Waals surface area contributed by atoms with Gasteiger partial charge in [-0.3, -0.25) is 4.79 Å². The van der Waals surface area contributed by atoms with E-state index >= 15 is 0 Å². The number of benzene rings is 1. The minimum absolute atomic E-state index is 0.0466. The summed E-state index contributed by atoms with van der Waals surface area (Å²) >= 11 is 11.4. The molecule has 0 saturated heterocycles. The number of rotatable bonds is 3. The second-order valence-corrected chi connectivity index (χ2v) is 6.39. The van der Waals surface area contributed by atoms with Crippen LogP contribution in [0.15, 0.2) is 17.0 Å². The quantitative estimate of drug-likeness (QED) is 0.872. The summed E-state index contributed by atoms with van der Waals surface area (Å²) in [5.74, 6) is -0.451. The minimum atomic E-state index is -4.05. The van der Waals surface area contributed by atoms with Crippen molar-refractivity contribution in [3.8, 4) is 0 Å². The Morgan fingerprint density at radius 2 is 1.94 bits per heavy atom. The molecule has 1 N–H and O–H groups in total. The molecule has 0 heterocycles. The van der Waals surface area contributed by atoms with E-state index in [9.17, 15) is 13.2 Å². The first-order valence-corrected chi connectivity index (χ1v) is 7.55. The van der Waals surface area contributed by atoms with Crippen molar-refractivity contribution in [3.05, 3.63) is 27.7 Å². The minimum Gasteiger partial charge on any atom is -0.352 e. The number of hydrogen-bond donors (Lipinski definition) is 1. The Bertz CT molecular complexity index is 557. The molecule has 94 valence electrons. The van der Waals surface area contributed by atoms with Crippen molar-refractivity contribution < 1.29 is 13.2 Å². The summed E-state index contributed by atoms with van der Waals surface area (Å²) in [6.45, 7) is 2.14. The van der Waals surface area contributed by atoms with Crippen LogP contribution in [0.2, 0.25) is 10.0 Å². The number of amides is 1. The van der Waals surface area contributed by atoms with Gasteiger partial charge >= 0.3 is 0 Å². The Balaban J connectivity index is 3.39. The maximum absolute atomic E-state index is 11.5. The molecule has 0 aromatic heterocycles. The topological polar surface area (TPSA) is 63.2 Å². The molecule has 8 heteroatoms. The first-order chi connectivity index (χ1) is 7.77. The second kappa shape index (κ2) is 5.44. The van der Waals surface area contributed by atoms with Gasteiger partial charge in [-0.15, -0.1) is 0 Å². The van der Waals surface area contributed by atoms with Crippen LogP contribution in [0.1, 0.15) is 17.3 Å². The number of carbonyl (C=O) groups excluding carboxylic acids is 1. The summed E-state index contributed by atoms with van der Waals surface area (Å²) in [5.41, 5.74) is 0.0838. The Morgan fingerprint density at radius 1 is 1.35 bits per heavy atom. The zero-order valence-corrected chi connectivity index (χ0v) is 11.7. The number of nitrogens with one attached hydrogen (secondary N) is 1. The summed E-state index contributed by atoms with van der Waals surface area (Å²) in [5, 5.41) is 2.26. The van der Waals surface area contributed by atoms with Crippen molar-refractivity contribution in [1.29, 1.82) is 0 Å². The average Bonchev–Trinajstić information content (AvgIpc) is 2.20. The predicted molar refractivity (Wildman–Crippen MR) is 67.5 cm³/mol. The maximum atomic E-state index is 11.5. The van der Waals surface area contributed by atoms with Gasteiger partial charge in [-0.25, -0.2) is 8.42 Å². The third-order valence-electron chi connectivity index (χ3n) is 1.86. The highest BCUT2D eigenvalue weighted by Crippen LogP contribution is 2.32. The van der Waals surface area contributed by atoms with Crippen molar-refractivity contribution in [3.63, 3.8) is 0 Å². The van der Waals surface area contributed by atoms with Gasteiger partial charge in [0.2, 0.25) is 0 Å². The first-order valence-electron chi connectivity index (χ1n) is 4.49. The van der Waals surface area contributed by atoms with Crippen LogP contribution in [0, 0.1) is 0 Å². The SMILES string of the molecule is CCNC(=O)c1cc(Cl)c(Cl)c(S(=O)(=O)Cl)c1. The molecule has 1 rings (SSSR count). The molecule has 4 nitrogen and oxygen atoms in total. The summed E-state index contributed by atoms with van der Waals surface area (Å²) in [6.07, 6.45) is 0. The van der Waals surface area contributed by atoms with E-state index in [2.05, 4.69) is 5.32 Å². The van der Waals surface area contributed by atoms with Gasteiger partial charge in [0.05, 0.1) is 10.0 Å². The van der Waals surface area contributed by atoms with Gasteiger partial charge in [0, 0.05) is 22.8 Å². The van der Waals surface area contributed by atoms with E-state index in [-0.39, 0.29) is 20.5 Å². The van der Waals surface area contributed by atoms with E-state index in [1.807, 2.05) is 0 Å². The van der Waals surface area contributed by atoms with Crippen LogP contribution in [-0.2, 0) is 9.05 Å². The maximum Gasteiger partial charge on any atom is 0.262 e. The molecular formula is C9H8Cl3NO3S. The van der Waals surface area contributed by atoms with Gasteiger partial charge < -0.3 is 5.32 Å². The summed E-state index contributed by atoms with van der Waals surface area (Å²) in [6, 6.07) is 2.36. The molecule has 0 atom stereocenters. The lowest BCUT2D eigenvalue weighted by atomic mass is 10.2. The molecule has 1 aromatic carbocycles. The van der Waals surface area contributed by atoms with Crippen molar-refractivity contribution >= 4 is 48.8 Å². The van der Waals surface area contributed by atoms with Crippen LogP contribution in [0.25, 0.3) is 0 Å². The lowest BCUT2D eigenvalue weighted by Gasteiger charge is -2.07. The zero-order valence-electron chi connectivity index (χ0n) is 8.63. The molecular weight excluding hydrogens is 309 g/mol. The van der Waals surface area contributed by atoms with Crippen LogP contribution < -0.4 is 5.32 Å². The average molecular weight is 317 g/mol. The van der Waals surface area contributed by atoms with Crippen molar-refractivity contribution in [1.82, 2.24) is 5.32 Å². The molecule has 0 radical (unpaired) electrons. The van der Waals surface area contributed by atoms with Crippen LogP contribution in [0.4, 0.5) is 0 Å². The second-order valence-electron chi connectivity index (χ2n) is 3.07. The number of halogens is 3. The van der Waals surface area contributed by atoms with E-state index in [0.29, 0.717) is 6.54 Å². The molecule has 1 amide bonds. The lowest BCUT2D eigenvalue weighted by Crippen LogP contribution is -2.22. The fraction of sp³-hybridized carbons (Fsp3) is 0.222. The predicted octanol–water partition coefficient (Wildman–Crippen LogP) is 2.67. The standard InChI is InChI=1S/C9H8Cl3NO3S/c1-2-13-9(14)5-3-6(10)8(11)7(4-5)17(12,15)16/h3-4H,2H2,1H3,(H,13,14). The molecule has 17 heavy (non-hydrogen) atoms. The van der Waals surface area contributed by atoms with Gasteiger partial charge in [0.15, 0.2) is 0 Å². The molecule has 1 aromatic rings. The van der Waals surface area contributed by atoms with E-state index in [4.69, 9.17) is 33.9 Å². The number of hydrogen-bond acceptors (Lipinski definition) is 3. The summed E-state index contributed by atoms with van der Waals surface area (Å²) < 4.78 is 22.5. The smallest absolute Gasteiger partial charge is 0.262 e. The van der Waals surface area contributed by atoms with E-state index in [1.165, 1.54) is 6.07 Å². The lowest BCUT2D eigenvalue weighted by molar-refractivity contribution is 0.0955. The third-order valence-corrected chi connectivity index (χ3v) is 4.12.